The highest BCUT2D eigenvalue weighted by Gasteiger charge is 2.53. The molecule has 0 radical (unpaired) electrons. The largest absolute Gasteiger partial charge is 0.323 e. The van der Waals surface area contributed by atoms with Crippen LogP contribution in [0.3, 0.4) is 0 Å². The molecule has 1 aromatic rings. The van der Waals surface area contributed by atoms with Crippen LogP contribution >= 0.6 is 23.2 Å². The molecule has 0 bridgehead atoms. The lowest BCUT2D eigenvalue weighted by atomic mass is 9.96. The van der Waals surface area contributed by atoms with Gasteiger partial charge < -0.3 is 4.90 Å². The van der Waals surface area contributed by atoms with Crippen molar-refractivity contribution in [3.63, 3.8) is 0 Å². The number of rotatable bonds is 6. The van der Waals surface area contributed by atoms with E-state index in [4.69, 9.17) is 23.2 Å². The highest BCUT2D eigenvalue weighted by atomic mass is 35.5. The summed E-state index contributed by atoms with van der Waals surface area (Å²) >= 11 is 12.0. The average molecular weight is 474 g/mol. The molecule has 9 heteroatoms. The van der Waals surface area contributed by atoms with Crippen LogP contribution < -0.4 is 5.32 Å². The summed E-state index contributed by atoms with van der Waals surface area (Å²) < 4.78 is 27.7. The lowest BCUT2D eigenvalue weighted by Crippen LogP contribution is -2.59. The first kappa shape index (κ1) is 22.3. The summed E-state index contributed by atoms with van der Waals surface area (Å²) in [6, 6.07) is 4.22. The fourth-order valence-electron chi connectivity index (χ4n) is 4.61. The number of hydrogen-bond donors (Lipinski definition) is 1. The molecule has 1 N–H and O–H groups in total. The van der Waals surface area contributed by atoms with Crippen LogP contribution in [-0.4, -0.2) is 54.9 Å². The number of amides is 1. The molecule has 6 nitrogen and oxygen atoms in total. The fraction of sp³-hybridized carbons (Fsp3) is 0.667. The molecule has 1 amide bonds. The van der Waals surface area contributed by atoms with Crippen molar-refractivity contribution in [3.05, 3.63) is 28.2 Å². The smallest absolute Gasteiger partial charge is 0.243 e. The number of hydrogen-bond acceptors (Lipinski definition) is 4. The maximum atomic E-state index is 13.2. The minimum Gasteiger partial charge on any atom is -0.323 e. The van der Waals surface area contributed by atoms with E-state index < -0.39 is 15.7 Å². The van der Waals surface area contributed by atoms with Crippen LogP contribution in [0, 0.1) is 11.8 Å². The highest BCUT2D eigenvalue weighted by Crippen LogP contribution is 2.40. The summed E-state index contributed by atoms with van der Waals surface area (Å²) in [5.74, 6) is 1.18. The van der Waals surface area contributed by atoms with Crippen molar-refractivity contribution in [3.8, 4) is 0 Å². The Labute approximate surface area is 188 Å². The van der Waals surface area contributed by atoms with E-state index in [0.717, 1.165) is 13.0 Å². The summed E-state index contributed by atoms with van der Waals surface area (Å²) in [5.41, 5.74) is -0.442. The normalized spacial score (nSPS) is 24.9. The summed E-state index contributed by atoms with van der Waals surface area (Å²) in [7, 11) is -3.66. The molecule has 2 heterocycles. The number of nitrogens with zero attached hydrogens (tertiary/aromatic N) is 2. The van der Waals surface area contributed by atoms with Gasteiger partial charge in [-0.15, -0.1) is 0 Å². The number of nitrogens with one attached hydrogen (secondary N) is 1. The van der Waals surface area contributed by atoms with Crippen LogP contribution in [0.25, 0.3) is 0 Å². The van der Waals surface area contributed by atoms with E-state index in [9.17, 15) is 13.2 Å². The van der Waals surface area contributed by atoms with Crippen molar-refractivity contribution < 1.29 is 13.2 Å². The SMILES string of the molecule is CC(C)C[C@H]1NC2(CCN(S(=O)(=O)c3ccc(Cl)c(Cl)c3)CC2)N(CC2CC2)C1=O. The molecule has 1 aromatic carbocycles. The quantitative estimate of drug-likeness (QED) is 0.682. The Morgan fingerprint density at radius 1 is 1.17 bits per heavy atom. The molecule has 0 unspecified atom stereocenters. The summed E-state index contributed by atoms with van der Waals surface area (Å²) in [4.78, 5) is 15.3. The Bertz CT molecular complexity index is 925. The molecule has 1 spiro atoms. The molecular weight excluding hydrogens is 445 g/mol. The fourth-order valence-corrected chi connectivity index (χ4v) is 6.45. The molecule has 1 atom stereocenters. The third-order valence-electron chi connectivity index (χ3n) is 6.45. The Morgan fingerprint density at radius 2 is 1.83 bits per heavy atom. The lowest BCUT2D eigenvalue weighted by molar-refractivity contribution is -0.133. The van der Waals surface area contributed by atoms with E-state index in [-0.39, 0.29) is 21.9 Å². The van der Waals surface area contributed by atoms with Gasteiger partial charge in [0.05, 0.1) is 26.6 Å². The molecule has 1 aliphatic carbocycles. The maximum absolute atomic E-state index is 13.2. The number of piperidine rings is 1. The molecule has 30 heavy (non-hydrogen) atoms. The number of benzene rings is 1. The van der Waals surface area contributed by atoms with Gasteiger partial charge in [0.15, 0.2) is 0 Å². The Hall–Kier alpha value is -0.860. The minimum absolute atomic E-state index is 0.149. The van der Waals surface area contributed by atoms with Gasteiger partial charge in [0.25, 0.3) is 0 Å². The van der Waals surface area contributed by atoms with E-state index in [1.807, 2.05) is 4.90 Å². The van der Waals surface area contributed by atoms with Gasteiger partial charge in [0.1, 0.15) is 0 Å². The van der Waals surface area contributed by atoms with E-state index in [0.29, 0.717) is 42.8 Å². The summed E-state index contributed by atoms with van der Waals surface area (Å²) in [6.07, 6.45) is 4.31. The molecule has 3 fully saturated rings. The van der Waals surface area contributed by atoms with Crippen molar-refractivity contribution in [2.24, 2.45) is 11.8 Å². The second-order valence-electron chi connectivity index (χ2n) is 9.23. The first-order valence-electron chi connectivity index (χ1n) is 10.7. The Kier molecular flexibility index (Phi) is 6.14. The third-order valence-corrected chi connectivity index (χ3v) is 9.08. The van der Waals surface area contributed by atoms with Crippen LogP contribution in [0.1, 0.15) is 46.0 Å². The molecule has 3 aliphatic rings. The maximum Gasteiger partial charge on any atom is 0.243 e. The number of sulfonamides is 1. The van der Waals surface area contributed by atoms with Gasteiger partial charge in [0.2, 0.25) is 15.9 Å². The molecule has 2 saturated heterocycles. The number of carbonyl (C=O) groups excluding carboxylic acids is 1. The Morgan fingerprint density at radius 3 is 2.40 bits per heavy atom. The second kappa shape index (κ2) is 8.24. The van der Waals surface area contributed by atoms with E-state index in [2.05, 4.69) is 19.2 Å². The third kappa shape index (κ3) is 4.24. The molecule has 4 rings (SSSR count). The van der Waals surface area contributed by atoms with E-state index >= 15 is 0 Å². The molecule has 1 saturated carbocycles. The van der Waals surface area contributed by atoms with Crippen LogP contribution in [0.2, 0.25) is 10.0 Å². The number of halogens is 2. The molecule has 2 aliphatic heterocycles. The zero-order valence-electron chi connectivity index (χ0n) is 17.4. The van der Waals surface area contributed by atoms with Crippen LogP contribution in [0.5, 0.6) is 0 Å². The van der Waals surface area contributed by atoms with Crippen molar-refractivity contribution in [2.75, 3.05) is 19.6 Å². The van der Waals surface area contributed by atoms with Crippen LogP contribution in [0.15, 0.2) is 23.1 Å². The summed E-state index contributed by atoms with van der Waals surface area (Å²) in [5, 5.41) is 4.17. The van der Waals surface area contributed by atoms with E-state index in [1.54, 1.807) is 0 Å². The predicted molar refractivity (Wildman–Crippen MR) is 118 cm³/mol. The first-order valence-corrected chi connectivity index (χ1v) is 12.9. The zero-order valence-corrected chi connectivity index (χ0v) is 19.7. The predicted octanol–water partition coefficient (Wildman–Crippen LogP) is 3.73. The molecular formula is C21H29Cl2N3O3S. The summed E-state index contributed by atoms with van der Waals surface area (Å²) in [6.45, 7) is 5.74. The van der Waals surface area contributed by atoms with Gasteiger partial charge in [-0.1, -0.05) is 37.0 Å². The first-order chi connectivity index (χ1) is 14.1. The van der Waals surface area contributed by atoms with Crippen molar-refractivity contribution in [1.82, 2.24) is 14.5 Å². The standard InChI is InChI=1S/C21H29Cl2N3O3S/c1-14(2)11-19-20(27)26(13-15-3-4-15)21(24-19)7-9-25(10-8-21)30(28,29)16-5-6-17(22)18(23)12-16/h5-6,12,14-15,19,24H,3-4,7-11,13H2,1-2H3/t19-/m1/s1. The van der Waals surface area contributed by atoms with E-state index in [1.165, 1.54) is 35.3 Å². The van der Waals surface area contributed by atoms with Gasteiger partial charge in [-0.2, -0.15) is 4.31 Å². The monoisotopic (exact) mass is 473 g/mol. The molecule has 166 valence electrons. The highest BCUT2D eigenvalue weighted by molar-refractivity contribution is 7.89. The molecule has 0 aromatic heterocycles. The van der Waals surface area contributed by atoms with Gasteiger partial charge in [0, 0.05) is 19.6 Å². The second-order valence-corrected chi connectivity index (χ2v) is 12.0. The van der Waals surface area contributed by atoms with Crippen molar-refractivity contribution >= 4 is 39.1 Å². The van der Waals surface area contributed by atoms with Crippen LogP contribution in [-0.2, 0) is 14.8 Å². The van der Waals surface area contributed by atoms with Gasteiger partial charge in [-0.05, 0) is 62.1 Å². The lowest BCUT2D eigenvalue weighted by Gasteiger charge is -2.44. The van der Waals surface area contributed by atoms with Crippen molar-refractivity contribution in [2.45, 2.75) is 62.6 Å². The van der Waals surface area contributed by atoms with Gasteiger partial charge >= 0.3 is 0 Å². The Balaban J connectivity index is 1.52. The van der Waals surface area contributed by atoms with Crippen LogP contribution in [0.4, 0.5) is 0 Å². The van der Waals surface area contributed by atoms with Crippen molar-refractivity contribution in [1.29, 1.82) is 0 Å². The average Bonchev–Trinajstić information content (AvgIpc) is 3.47. The van der Waals surface area contributed by atoms with Gasteiger partial charge in [-0.25, -0.2) is 8.42 Å². The minimum atomic E-state index is -3.66. The zero-order chi connectivity index (χ0) is 21.7. The number of carbonyl (C=O) groups is 1. The topological polar surface area (TPSA) is 69.7 Å². The van der Waals surface area contributed by atoms with Gasteiger partial charge in [-0.3, -0.25) is 10.1 Å².